The van der Waals surface area contributed by atoms with Crippen LogP contribution in [0.5, 0.6) is 5.75 Å². The van der Waals surface area contributed by atoms with Gasteiger partial charge in [-0.3, -0.25) is 9.59 Å². The van der Waals surface area contributed by atoms with E-state index in [1.54, 1.807) is 5.32 Å². The van der Waals surface area contributed by atoms with E-state index in [0.717, 1.165) is 20.3 Å². The molecule has 0 aliphatic carbocycles. The largest absolute Gasteiger partial charge is 0.506 e. The number of anilines is 2. The summed E-state index contributed by atoms with van der Waals surface area (Å²) in [7, 11) is 2.21. The Morgan fingerprint density at radius 2 is 1.37 bits per heavy atom. The number of ether oxygens (including phenoxy) is 2. The third-order valence-corrected chi connectivity index (χ3v) is 4.80. The monoisotopic (exact) mass is 490 g/mol. The number of phenols is 1. The fraction of sp³-hybridized carbons (Fsp3) is 0.130. The average molecular weight is 490 g/mol. The predicted molar refractivity (Wildman–Crippen MR) is 117 cm³/mol. The number of methoxy groups -OCH3 is 2. The maximum absolute atomic E-state index is 13.0. The summed E-state index contributed by atoms with van der Waals surface area (Å²) in [6, 6.07) is 10.1. The molecular weight excluding hydrogens is 473 g/mol. The van der Waals surface area contributed by atoms with Crippen molar-refractivity contribution < 1.29 is 46.9 Å². The Morgan fingerprint density at radius 3 is 1.89 bits per heavy atom. The van der Waals surface area contributed by atoms with Crippen LogP contribution in [0.2, 0.25) is 0 Å². The minimum absolute atomic E-state index is 0.00353. The van der Waals surface area contributed by atoms with Crippen molar-refractivity contribution in [3.8, 4) is 5.75 Å². The molecule has 12 heteroatoms. The first-order chi connectivity index (χ1) is 16.5. The van der Waals surface area contributed by atoms with Crippen LogP contribution in [-0.2, 0) is 14.3 Å². The summed E-state index contributed by atoms with van der Waals surface area (Å²) in [6.07, 6.45) is -5.19. The molecule has 0 spiro atoms. The molecule has 2 amide bonds. The van der Waals surface area contributed by atoms with Gasteiger partial charge in [-0.25, -0.2) is 9.59 Å². The fourth-order valence-electron chi connectivity index (χ4n) is 3.20. The number of aromatic hydroxyl groups is 1. The second-order valence-electron chi connectivity index (χ2n) is 7.05. The lowest BCUT2D eigenvalue weighted by Gasteiger charge is -2.15. The molecular formula is C23H17F3N2O7. The molecule has 35 heavy (non-hydrogen) atoms. The van der Waals surface area contributed by atoms with Crippen molar-refractivity contribution in [3.63, 3.8) is 0 Å². The number of halogens is 3. The van der Waals surface area contributed by atoms with E-state index in [1.165, 1.54) is 42.5 Å². The van der Waals surface area contributed by atoms with Gasteiger partial charge in [0.1, 0.15) is 5.75 Å². The Bertz CT molecular complexity index is 1320. The number of amides is 2. The summed E-state index contributed by atoms with van der Waals surface area (Å²) in [5.74, 6) is -5.49. The molecule has 0 radical (unpaired) electrons. The summed E-state index contributed by atoms with van der Waals surface area (Å²) in [5, 5.41) is 14.7. The Balaban J connectivity index is 2.07. The first-order valence-electron chi connectivity index (χ1n) is 9.72. The number of hydrogen-bond acceptors (Lipinski definition) is 7. The first kappa shape index (κ1) is 25.0. The van der Waals surface area contributed by atoms with Gasteiger partial charge in [-0.05, 0) is 24.3 Å². The van der Waals surface area contributed by atoms with Crippen molar-refractivity contribution in [2.75, 3.05) is 24.9 Å². The van der Waals surface area contributed by atoms with E-state index >= 15 is 0 Å². The number of carbonyl (C=O) groups excluding carboxylic acids is 4. The van der Waals surface area contributed by atoms with Gasteiger partial charge in [0.15, 0.2) is 0 Å². The molecule has 9 nitrogen and oxygen atoms in total. The van der Waals surface area contributed by atoms with Gasteiger partial charge in [0.25, 0.3) is 5.91 Å². The van der Waals surface area contributed by atoms with Crippen molar-refractivity contribution in [2.45, 2.75) is 6.18 Å². The number of carbonyl (C=O) groups is 4. The Kier molecular flexibility index (Phi) is 6.94. The molecule has 3 N–H and O–H groups in total. The Hall–Kier alpha value is -4.61. The van der Waals surface area contributed by atoms with E-state index in [0.29, 0.717) is 0 Å². The van der Waals surface area contributed by atoms with Gasteiger partial charge >= 0.3 is 24.0 Å². The van der Waals surface area contributed by atoms with Crippen molar-refractivity contribution in [3.05, 3.63) is 65.2 Å². The van der Waals surface area contributed by atoms with E-state index < -0.39 is 41.2 Å². The van der Waals surface area contributed by atoms with Gasteiger partial charge in [-0.1, -0.05) is 24.3 Å². The van der Waals surface area contributed by atoms with Crippen LogP contribution in [0.4, 0.5) is 24.5 Å². The third kappa shape index (κ3) is 5.32. The summed E-state index contributed by atoms with van der Waals surface area (Å²) < 4.78 is 47.7. The molecule has 0 aliphatic rings. The quantitative estimate of drug-likeness (QED) is 0.366. The number of hydrogen-bond donors (Lipinski definition) is 3. The highest BCUT2D eigenvalue weighted by atomic mass is 19.4. The minimum atomic E-state index is -5.19. The van der Waals surface area contributed by atoms with Crippen LogP contribution in [0.1, 0.15) is 31.1 Å². The number of nitrogens with one attached hydrogen (secondary N) is 2. The van der Waals surface area contributed by atoms with E-state index in [9.17, 15) is 37.5 Å². The number of esters is 2. The summed E-state index contributed by atoms with van der Waals surface area (Å²) in [4.78, 5) is 48.4. The van der Waals surface area contributed by atoms with Gasteiger partial charge in [-0.2, -0.15) is 13.2 Å². The lowest BCUT2D eigenvalue weighted by atomic mass is 10.0. The van der Waals surface area contributed by atoms with Crippen LogP contribution in [0.15, 0.2) is 48.5 Å². The molecule has 0 aromatic heterocycles. The zero-order valence-electron chi connectivity index (χ0n) is 18.1. The zero-order chi connectivity index (χ0) is 25.9. The molecule has 3 aromatic carbocycles. The lowest BCUT2D eigenvalue weighted by molar-refractivity contribution is -0.167. The maximum Gasteiger partial charge on any atom is 0.471 e. The molecule has 0 saturated carbocycles. The van der Waals surface area contributed by atoms with Gasteiger partial charge < -0.3 is 25.2 Å². The molecule has 0 heterocycles. The SMILES string of the molecule is COC(=O)c1cc(NC(=O)c2cc(NC(=O)C(F)(F)F)c3ccccc3c2O)cc(C(=O)OC)c1. The topological polar surface area (TPSA) is 131 Å². The molecule has 0 saturated heterocycles. The van der Waals surface area contributed by atoms with Crippen LogP contribution in [0, 0.1) is 0 Å². The van der Waals surface area contributed by atoms with Gasteiger partial charge in [-0.15, -0.1) is 0 Å². The molecule has 3 rings (SSSR count). The summed E-state index contributed by atoms with van der Waals surface area (Å²) in [6.45, 7) is 0. The van der Waals surface area contributed by atoms with Crippen LogP contribution < -0.4 is 10.6 Å². The molecule has 0 atom stereocenters. The number of alkyl halides is 3. The highest BCUT2D eigenvalue weighted by Crippen LogP contribution is 2.36. The summed E-state index contributed by atoms with van der Waals surface area (Å²) in [5.41, 5.74) is -1.14. The van der Waals surface area contributed by atoms with Gasteiger partial charge in [0, 0.05) is 22.1 Å². The van der Waals surface area contributed by atoms with Crippen LogP contribution in [0.3, 0.4) is 0 Å². The van der Waals surface area contributed by atoms with Crippen LogP contribution in [0.25, 0.3) is 10.8 Å². The number of rotatable bonds is 5. The van der Waals surface area contributed by atoms with Crippen LogP contribution >= 0.6 is 0 Å². The first-order valence-corrected chi connectivity index (χ1v) is 9.72. The maximum atomic E-state index is 13.0. The molecule has 0 fully saturated rings. The third-order valence-electron chi connectivity index (χ3n) is 4.80. The predicted octanol–water partition coefficient (Wildman–Crippen LogP) is 3.87. The molecule has 0 aliphatic heterocycles. The van der Waals surface area contributed by atoms with Crippen LogP contribution in [-0.4, -0.2) is 49.3 Å². The summed E-state index contributed by atoms with van der Waals surface area (Å²) >= 11 is 0. The van der Waals surface area contributed by atoms with Crippen molar-refractivity contribution in [1.29, 1.82) is 0 Å². The van der Waals surface area contributed by atoms with Crippen molar-refractivity contribution in [1.82, 2.24) is 0 Å². The standard InChI is InChI=1S/C23H17F3N2O7/c1-34-20(31)11-7-12(21(32)35-2)9-13(8-11)27-19(30)16-10-17(28-22(33)23(24,25)26)14-5-3-4-6-15(14)18(16)29/h3-10,29H,1-2H3,(H,27,30)(H,28,33). The van der Waals surface area contributed by atoms with E-state index in [4.69, 9.17) is 0 Å². The number of benzene rings is 3. The second kappa shape index (κ2) is 9.71. The van der Waals surface area contributed by atoms with E-state index in [1.807, 2.05) is 0 Å². The van der Waals surface area contributed by atoms with E-state index in [-0.39, 0.29) is 33.3 Å². The van der Waals surface area contributed by atoms with Gasteiger partial charge in [0.2, 0.25) is 0 Å². The fourth-order valence-corrected chi connectivity index (χ4v) is 3.20. The highest BCUT2D eigenvalue weighted by Gasteiger charge is 2.39. The lowest BCUT2D eigenvalue weighted by Crippen LogP contribution is -2.30. The highest BCUT2D eigenvalue weighted by molar-refractivity contribution is 6.15. The molecule has 182 valence electrons. The normalized spacial score (nSPS) is 11.0. The zero-order valence-corrected chi connectivity index (χ0v) is 18.1. The molecule has 0 bridgehead atoms. The Morgan fingerprint density at radius 1 is 0.829 bits per heavy atom. The molecule has 0 unspecified atom stereocenters. The number of phenolic OH excluding ortho intramolecular Hbond substituents is 1. The Labute approximate surface area is 195 Å². The second-order valence-corrected chi connectivity index (χ2v) is 7.05. The number of fused-ring (bicyclic) bond motifs is 1. The van der Waals surface area contributed by atoms with Gasteiger partial charge in [0.05, 0.1) is 30.9 Å². The van der Waals surface area contributed by atoms with E-state index in [2.05, 4.69) is 14.8 Å². The average Bonchev–Trinajstić information content (AvgIpc) is 2.83. The van der Waals surface area contributed by atoms with Crippen molar-refractivity contribution >= 4 is 45.9 Å². The van der Waals surface area contributed by atoms with Crippen molar-refractivity contribution in [2.24, 2.45) is 0 Å². The minimum Gasteiger partial charge on any atom is -0.506 e. The smallest absolute Gasteiger partial charge is 0.471 e. The molecule has 3 aromatic rings.